The molecule has 0 spiro atoms. The lowest BCUT2D eigenvalue weighted by Gasteiger charge is -2.12. The first kappa shape index (κ1) is 24.5. The predicted octanol–water partition coefficient (Wildman–Crippen LogP) is 7.02. The Labute approximate surface area is 208 Å². The molecule has 35 heavy (non-hydrogen) atoms. The van der Waals surface area contributed by atoms with Crippen LogP contribution in [0.4, 0.5) is 4.39 Å². The highest BCUT2D eigenvalue weighted by Gasteiger charge is 2.17. The van der Waals surface area contributed by atoms with Crippen LogP contribution in [-0.2, 0) is 24.4 Å². The van der Waals surface area contributed by atoms with Crippen LogP contribution >= 0.6 is 11.6 Å². The van der Waals surface area contributed by atoms with E-state index in [4.69, 9.17) is 21.4 Å². The molecule has 3 aromatic carbocycles. The van der Waals surface area contributed by atoms with Crippen molar-refractivity contribution >= 4 is 17.6 Å². The SMILES string of the molecule is CCCCn1nc(-c2cc(CC(=O)O)ccc2OCc2cccc(Cl)c2)cc1-c1cccc(F)c1. The van der Waals surface area contributed by atoms with E-state index in [9.17, 15) is 14.3 Å². The smallest absolute Gasteiger partial charge is 0.307 e. The van der Waals surface area contributed by atoms with E-state index in [2.05, 4.69) is 6.92 Å². The molecule has 0 atom stereocenters. The Morgan fingerprint density at radius 2 is 1.89 bits per heavy atom. The van der Waals surface area contributed by atoms with Gasteiger partial charge in [-0.1, -0.05) is 55.3 Å². The number of carboxylic acid groups (broad SMARTS) is 1. The van der Waals surface area contributed by atoms with Crippen molar-refractivity contribution in [1.29, 1.82) is 0 Å². The second kappa shape index (κ2) is 11.2. The van der Waals surface area contributed by atoms with Crippen molar-refractivity contribution < 1.29 is 19.0 Å². The minimum Gasteiger partial charge on any atom is -0.488 e. The van der Waals surface area contributed by atoms with Gasteiger partial charge in [-0.25, -0.2) is 4.39 Å². The van der Waals surface area contributed by atoms with Gasteiger partial charge in [-0.3, -0.25) is 9.48 Å². The van der Waals surface area contributed by atoms with E-state index in [1.54, 1.807) is 30.3 Å². The van der Waals surface area contributed by atoms with E-state index < -0.39 is 5.97 Å². The Bertz CT molecular complexity index is 1340. The average molecular weight is 493 g/mol. The molecule has 0 bridgehead atoms. The van der Waals surface area contributed by atoms with Crippen molar-refractivity contribution in [3.8, 4) is 28.3 Å². The number of halogens is 2. The molecule has 0 radical (unpaired) electrons. The van der Waals surface area contributed by atoms with Crippen LogP contribution in [0.15, 0.2) is 72.8 Å². The van der Waals surface area contributed by atoms with E-state index in [1.807, 2.05) is 35.0 Å². The van der Waals surface area contributed by atoms with Crippen LogP contribution in [0.3, 0.4) is 0 Å². The number of nitrogens with zero attached hydrogens (tertiary/aromatic N) is 2. The summed E-state index contributed by atoms with van der Waals surface area (Å²) in [5.41, 5.74) is 4.37. The third-order valence-electron chi connectivity index (χ3n) is 5.58. The van der Waals surface area contributed by atoms with E-state index in [0.29, 0.717) is 40.7 Å². The van der Waals surface area contributed by atoms with Gasteiger partial charge in [0, 0.05) is 22.7 Å². The zero-order chi connectivity index (χ0) is 24.8. The van der Waals surface area contributed by atoms with Crippen LogP contribution in [0, 0.1) is 5.82 Å². The van der Waals surface area contributed by atoms with Crippen LogP contribution in [-0.4, -0.2) is 20.9 Å². The molecule has 0 aliphatic heterocycles. The maximum atomic E-state index is 14.0. The largest absolute Gasteiger partial charge is 0.488 e. The second-order valence-electron chi connectivity index (χ2n) is 8.32. The highest BCUT2D eigenvalue weighted by Crippen LogP contribution is 2.34. The number of rotatable bonds is 10. The van der Waals surface area contributed by atoms with Gasteiger partial charge in [-0.05, 0) is 60.0 Å². The van der Waals surface area contributed by atoms with Crippen molar-refractivity contribution in [3.05, 3.63) is 94.8 Å². The maximum absolute atomic E-state index is 14.0. The van der Waals surface area contributed by atoms with E-state index >= 15 is 0 Å². The molecule has 5 nitrogen and oxygen atoms in total. The third kappa shape index (κ3) is 6.28. The molecule has 0 saturated carbocycles. The maximum Gasteiger partial charge on any atom is 0.307 e. The zero-order valence-corrected chi connectivity index (χ0v) is 20.1. The standard InChI is InChI=1S/C28H26ClFN2O3/c1-2-3-12-32-26(21-7-5-9-23(30)16-21)17-25(31-32)24-14-19(15-28(33)34)10-11-27(24)35-18-20-6-4-8-22(29)13-20/h4-11,13-14,16-17H,2-3,12,15,18H2,1H3,(H,33,34). The molecule has 0 aliphatic carbocycles. The fourth-order valence-electron chi connectivity index (χ4n) is 3.88. The average Bonchev–Trinajstić information content (AvgIpc) is 3.25. The summed E-state index contributed by atoms with van der Waals surface area (Å²) >= 11 is 6.10. The van der Waals surface area contributed by atoms with Gasteiger partial charge in [0.05, 0.1) is 17.8 Å². The third-order valence-corrected chi connectivity index (χ3v) is 5.82. The number of aromatic nitrogens is 2. The van der Waals surface area contributed by atoms with Crippen LogP contribution < -0.4 is 4.74 Å². The van der Waals surface area contributed by atoms with E-state index in [0.717, 1.165) is 29.7 Å². The molecule has 0 amide bonds. The molecule has 0 aliphatic rings. The topological polar surface area (TPSA) is 64.4 Å². The molecule has 0 fully saturated rings. The van der Waals surface area contributed by atoms with E-state index in [-0.39, 0.29) is 12.2 Å². The Morgan fingerprint density at radius 3 is 2.63 bits per heavy atom. The minimum atomic E-state index is -0.919. The summed E-state index contributed by atoms with van der Waals surface area (Å²) in [4.78, 5) is 11.3. The van der Waals surface area contributed by atoms with Gasteiger partial charge in [0.2, 0.25) is 0 Å². The van der Waals surface area contributed by atoms with Crippen LogP contribution in [0.25, 0.3) is 22.5 Å². The van der Waals surface area contributed by atoms with Gasteiger partial charge in [0.1, 0.15) is 18.2 Å². The molecule has 7 heteroatoms. The molecular weight excluding hydrogens is 467 g/mol. The first-order chi connectivity index (χ1) is 16.9. The fraction of sp³-hybridized carbons (Fsp3) is 0.214. The summed E-state index contributed by atoms with van der Waals surface area (Å²) in [5.74, 6) is -0.663. The molecule has 1 aromatic heterocycles. The summed E-state index contributed by atoms with van der Waals surface area (Å²) < 4.78 is 22.0. The number of aliphatic carboxylic acids is 1. The summed E-state index contributed by atoms with van der Waals surface area (Å²) in [6, 6.07) is 21.0. The van der Waals surface area contributed by atoms with Crippen LogP contribution in [0.2, 0.25) is 5.02 Å². The number of ether oxygens (including phenoxy) is 1. The molecule has 4 aromatic rings. The molecule has 4 rings (SSSR count). The first-order valence-electron chi connectivity index (χ1n) is 11.5. The zero-order valence-electron chi connectivity index (χ0n) is 19.4. The first-order valence-corrected chi connectivity index (χ1v) is 11.9. The molecule has 0 unspecified atom stereocenters. The number of carboxylic acids is 1. The summed E-state index contributed by atoms with van der Waals surface area (Å²) in [6.45, 7) is 3.07. The van der Waals surface area contributed by atoms with Gasteiger partial charge in [0.15, 0.2) is 0 Å². The van der Waals surface area contributed by atoms with Gasteiger partial charge in [-0.2, -0.15) is 5.10 Å². The van der Waals surface area contributed by atoms with Gasteiger partial charge < -0.3 is 9.84 Å². The van der Waals surface area contributed by atoms with Crippen molar-refractivity contribution in [2.45, 2.75) is 39.3 Å². The summed E-state index contributed by atoms with van der Waals surface area (Å²) in [6.07, 6.45) is 1.79. The Kier molecular flexibility index (Phi) is 7.83. The van der Waals surface area contributed by atoms with Gasteiger partial charge in [-0.15, -0.1) is 0 Å². The number of benzene rings is 3. The Hall–Kier alpha value is -3.64. The lowest BCUT2D eigenvalue weighted by atomic mass is 10.0. The number of aryl methyl sites for hydroxylation is 1. The van der Waals surface area contributed by atoms with Gasteiger partial charge >= 0.3 is 5.97 Å². The van der Waals surface area contributed by atoms with Gasteiger partial charge in [0.25, 0.3) is 0 Å². The second-order valence-corrected chi connectivity index (χ2v) is 8.76. The van der Waals surface area contributed by atoms with Crippen LogP contribution in [0.1, 0.15) is 30.9 Å². The molecule has 1 heterocycles. The predicted molar refractivity (Wildman–Crippen MR) is 135 cm³/mol. The normalized spacial score (nSPS) is 10.9. The number of unbranched alkanes of at least 4 members (excludes halogenated alkanes) is 1. The molecule has 0 saturated heterocycles. The summed E-state index contributed by atoms with van der Waals surface area (Å²) in [5, 5.41) is 14.7. The quantitative estimate of drug-likeness (QED) is 0.258. The highest BCUT2D eigenvalue weighted by atomic mass is 35.5. The summed E-state index contributed by atoms with van der Waals surface area (Å²) in [7, 11) is 0. The van der Waals surface area contributed by atoms with Crippen molar-refractivity contribution in [3.63, 3.8) is 0 Å². The monoisotopic (exact) mass is 492 g/mol. The highest BCUT2D eigenvalue weighted by molar-refractivity contribution is 6.30. The van der Waals surface area contributed by atoms with Crippen molar-refractivity contribution in [1.82, 2.24) is 9.78 Å². The lowest BCUT2D eigenvalue weighted by Crippen LogP contribution is -2.04. The number of hydrogen-bond acceptors (Lipinski definition) is 3. The minimum absolute atomic E-state index is 0.116. The Balaban J connectivity index is 1.76. The van der Waals surface area contributed by atoms with Crippen molar-refractivity contribution in [2.75, 3.05) is 0 Å². The fourth-order valence-corrected chi connectivity index (χ4v) is 4.10. The molecule has 180 valence electrons. The molecule has 1 N–H and O–H groups in total. The van der Waals surface area contributed by atoms with Crippen molar-refractivity contribution in [2.24, 2.45) is 0 Å². The van der Waals surface area contributed by atoms with Crippen LogP contribution in [0.5, 0.6) is 5.75 Å². The lowest BCUT2D eigenvalue weighted by molar-refractivity contribution is -0.136. The molecular formula is C28H26ClFN2O3. The van der Waals surface area contributed by atoms with E-state index in [1.165, 1.54) is 12.1 Å². The number of hydrogen-bond donors (Lipinski definition) is 1. The number of carbonyl (C=O) groups is 1. The Morgan fingerprint density at radius 1 is 1.06 bits per heavy atom.